The predicted molar refractivity (Wildman–Crippen MR) is 155 cm³/mol. The normalized spacial score (nSPS) is 18.2. The second kappa shape index (κ2) is 11.9. The maximum Gasteiger partial charge on any atom is 0.251 e. The van der Waals surface area contributed by atoms with Crippen molar-refractivity contribution in [1.82, 2.24) is 10.2 Å². The van der Waals surface area contributed by atoms with Crippen molar-refractivity contribution in [3.05, 3.63) is 99.5 Å². The molecule has 0 aliphatic carbocycles. The fourth-order valence-corrected chi connectivity index (χ4v) is 6.75. The molecule has 2 saturated heterocycles. The van der Waals surface area contributed by atoms with E-state index in [1.54, 1.807) is 24.3 Å². The summed E-state index contributed by atoms with van der Waals surface area (Å²) in [6.45, 7) is 2.18. The summed E-state index contributed by atoms with van der Waals surface area (Å²) in [5.74, 6) is -0.249. The molecule has 1 amide bonds. The minimum Gasteiger partial charge on any atom is -0.376 e. The summed E-state index contributed by atoms with van der Waals surface area (Å²) in [6.07, 6.45) is 3.15. The fraction of sp³-hybridized carbons (Fsp3) is 0.345. The molecule has 0 bridgehead atoms. The van der Waals surface area contributed by atoms with E-state index in [0.29, 0.717) is 47.5 Å². The largest absolute Gasteiger partial charge is 0.376 e. The van der Waals surface area contributed by atoms with E-state index in [2.05, 4.69) is 10.2 Å². The summed E-state index contributed by atoms with van der Waals surface area (Å²) in [5.41, 5.74) is 2.99. The second-order valence-electron chi connectivity index (χ2n) is 10.1. The lowest BCUT2D eigenvalue weighted by atomic mass is 9.93. The van der Waals surface area contributed by atoms with Gasteiger partial charge in [0.05, 0.1) is 30.1 Å². The van der Waals surface area contributed by atoms with Gasteiger partial charge in [-0.25, -0.2) is 8.42 Å². The Balaban J connectivity index is 1.35. The average molecular weight is 589 g/mol. The molecule has 0 aromatic heterocycles. The van der Waals surface area contributed by atoms with Crippen LogP contribution in [0, 0.1) is 0 Å². The standard InChI is InChI=1S/C29H31Cl2N3O4S/c1-39(36,37)34(25-5-2-4-22(16-25)29(35)32-17-27-6-3-15-38-27)26-18-33(19-26)28(20-7-11-23(30)12-8-20)21-9-13-24(31)14-10-21/h2,4-5,7-14,16,26-28H,3,6,15,17-19H2,1H3,(H,32,35)/t27-/m0/s1. The van der Waals surface area contributed by atoms with Crippen molar-refractivity contribution >= 4 is 44.8 Å². The van der Waals surface area contributed by atoms with Gasteiger partial charge in [0, 0.05) is 41.8 Å². The van der Waals surface area contributed by atoms with E-state index in [1.807, 2.05) is 48.5 Å². The molecule has 1 atom stereocenters. The van der Waals surface area contributed by atoms with Crippen LogP contribution < -0.4 is 9.62 Å². The van der Waals surface area contributed by atoms with Crippen LogP contribution in [0.1, 0.15) is 40.4 Å². The second-order valence-corrected chi connectivity index (χ2v) is 12.8. The molecular weight excluding hydrogens is 557 g/mol. The Labute approximate surface area is 239 Å². The molecule has 2 fully saturated rings. The van der Waals surface area contributed by atoms with Crippen LogP contribution in [-0.4, -0.2) is 63.9 Å². The van der Waals surface area contributed by atoms with Gasteiger partial charge in [0.25, 0.3) is 5.91 Å². The van der Waals surface area contributed by atoms with Gasteiger partial charge in [0.1, 0.15) is 0 Å². The third-order valence-corrected chi connectivity index (χ3v) is 8.92. The van der Waals surface area contributed by atoms with Gasteiger partial charge in [0.15, 0.2) is 0 Å². The molecule has 0 saturated carbocycles. The molecule has 206 valence electrons. The zero-order chi connectivity index (χ0) is 27.6. The number of carbonyl (C=O) groups is 1. The van der Waals surface area contributed by atoms with Gasteiger partial charge in [0.2, 0.25) is 10.0 Å². The van der Waals surface area contributed by atoms with Crippen LogP contribution in [0.4, 0.5) is 5.69 Å². The summed E-state index contributed by atoms with van der Waals surface area (Å²) in [7, 11) is -3.62. The van der Waals surface area contributed by atoms with Gasteiger partial charge in [-0.1, -0.05) is 53.5 Å². The molecule has 5 rings (SSSR count). The quantitative estimate of drug-likeness (QED) is 0.375. The number of nitrogens with one attached hydrogen (secondary N) is 1. The van der Waals surface area contributed by atoms with Crippen molar-refractivity contribution in [2.24, 2.45) is 0 Å². The number of benzene rings is 3. The third-order valence-electron chi connectivity index (χ3n) is 7.19. The number of rotatable bonds is 9. The SMILES string of the molecule is CS(=O)(=O)N(c1cccc(C(=O)NC[C@@H]2CCCO2)c1)C1CN(C(c2ccc(Cl)cc2)c2ccc(Cl)cc2)C1. The number of ether oxygens (including phenoxy) is 1. The lowest BCUT2D eigenvalue weighted by Crippen LogP contribution is -2.61. The number of likely N-dealkylation sites (tertiary alicyclic amines) is 1. The molecule has 1 N–H and O–H groups in total. The molecule has 39 heavy (non-hydrogen) atoms. The molecular formula is C29H31Cl2N3O4S. The van der Waals surface area contributed by atoms with E-state index >= 15 is 0 Å². The van der Waals surface area contributed by atoms with E-state index < -0.39 is 10.0 Å². The highest BCUT2D eigenvalue weighted by atomic mass is 35.5. The maximum absolute atomic E-state index is 13.0. The Kier molecular flexibility index (Phi) is 8.49. The molecule has 2 heterocycles. The fourth-order valence-electron chi connectivity index (χ4n) is 5.32. The average Bonchev–Trinajstić information content (AvgIpc) is 3.41. The van der Waals surface area contributed by atoms with Crippen molar-refractivity contribution in [1.29, 1.82) is 0 Å². The summed E-state index contributed by atoms with van der Waals surface area (Å²) >= 11 is 12.3. The molecule has 0 radical (unpaired) electrons. The van der Waals surface area contributed by atoms with Crippen LogP contribution in [0.5, 0.6) is 0 Å². The van der Waals surface area contributed by atoms with Gasteiger partial charge in [-0.15, -0.1) is 0 Å². The Bertz CT molecular complexity index is 1360. The van der Waals surface area contributed by atoms with Crippen molar-refractivity contribution in [3.63, 3.8) is 0 Å². The highest BCUT2D eigenvalue weighted by Gasteiger charge is 2.40. The molecule has 0 unspecified atom stereocenters. The first-order chi connectivity index (χ1) is 18.7. The number of nitrogens with zero attached hydrogens (tertiary/aromatic N) is 2. The van der Waals surface area contributed by atoms with Crippen molar-refractivity contribution < 1.29 is 17.9 Å². The summed E-state index contributed by atoms with van der Waals surface area (Å²) < 4.78 is 33.0. The summed E-state index contributed by atoms with van der Waals surface area (Å²) in [5, 5.41) is 4.21. The molecule has 10 heteroatoms. The minimum atomic E-state index is -3.62. The van der Waals surface area contributed by atoms with Crippen LogP contribution in [0.2, 0.25) is 10.0 Å². The summed E-state index contributed by atoms with van der Waals surface area (Å²) in [4.78, 5) is 15.1. The predicted octanol–water partition coefficient (Wildman–Crippen LogP) is 5.14. The van der Waals surface area contributed by atoms with Crippen LogP contribution in [0.15, 0.2) is 72.8 Å². The van der Waals surface area contributed by atoms with Crippen LogP contribution in [-0.2, 0) is 14.8 Å². The smallest absolute Gasteiger partial charge is 0.251 e. The molecule has 0 spiro atoms. The lowest BCUT2D eigenvalue weighted by molar-refractivity contribution is 0.0857. The zero-order valence-electron chi connectivity index (χ0n) is 21.6. The van der Waals surface area contributed by atoms with Gasteiger partial charge in [-0.2, -0.15) is 0 Å². The molecule has 2 aliphatic rings. The number of amides is 1. The van der Waals surface area contributed by atoms with Crippen molar-refractivity contribution in [2.75, 3.05) is 36.8 Å². The number of halogens is 2. The van der Waals surface area contributed by atoms with Gasteiger partial charge >= 0.3 is 0 Å². The first-order valence-electron chi connectivity index (χ1n) is 12.9. The molecule has 7 nitrogen and oxygen atoms in total. The van der Waals surface area contributed by atoms with Crippen LogP contribution in [0.25, 0.3) is 0 Å². The lowest BCUT2D eigenvalue weighted by Gasteiger charge is -2.48. The first-order valence-corrected chi connectivity index (χ1v) is 15.5. The van der Waals surface area contributed by atoms with Gasteiger partial charge in [-0.05, 0) is 66.4 Å². The van der Waals surface area contributed by atoms with Crippen LogP contribution in [0.3, 0.4) is 0 Å². The third kappa shape index (κ3) is 6.58. The summed E-state index contributed by atoms with van der Waals surface area (Å²) in [6, 6.07) is 21.8. The monoisotopic (exact) mass is 587 g/mol. The number of sulfonamides is 1. The van der Waals surface area contributed by atoms with E-state index in [9.17, 15) is 13.2 Å². The maximum atomic E-state index is 13.0. The van der Waals surface area contributed by atoms with E-state index in [1.165, 1.54) is 10.6 Å². The number of hydrogen-bond acceptors (Lipinski definition) is 5. The van der Waals surface area contributed by atoms with Crippen molar-refractivity contribution in [3.8, 4) is 0 Å². The van der Waals surface area contributed by atoms with E-state index in [-0.39, 0.29) is 24.1 Å². The zero-order valence-corrected chi connectivity index (χ0v) is 23.9. The highest BCUT2D eigenvalue weighted by Crippen LogP contribution is 2.36. The van der Waals surface area contributed by atoms with Crippen molar-refractivity contribution in [2.45, 2.75) is 31.0 Å². The number of anilines is 1. The Hall–Kier alpha value is -2.62. The highest BCUT2D eigenvalue weighted by molar-refractivity contribution is 7.92. The molecule has 3 aromatic rings. The van der Waals surface area contributed by atoms with Gasteiger partial charge < -0.3 is 10.1 Å². The Morgan fingerprint density at radius 3 is 2.18 bits per heavy atom. The molecule has 2 aliphatic heterocycles. The molecule has 3 aromatic carbocycles. The first kappa shape index (κ1) is 27.9. The number of carbonyl (C=O) groups excluding carboxylic acids is 1. The Morgan fingerprint density at radius 1 is 1.03 bits per heavy atom. The van der Waals surface area contributed by atoms with E-state index in [0.717, 1.165) is 24.0 Å². The Morgan fingerprint density at radius 2 is 1.64 bits per heavy atom. The van der Waals surface area contributed by atoms with E-state index in [4.69, 9.17) is 27.9 Å². The topological polar surface area (TPSA) is 79.0 Å². The van der Waals surface area contributed by atoms with Gasteiger partial charge in [-0.3, -0.25) is 14.0 Å². The number of hydrogen-bond donors (Lipinski definition) is 1. The minimum absolute atomic E-state index is 0.0276. The van der Waals surface area contributed by atoms with Crippen LogP contribution >= 0.6 is 23.2 Å².